The molecule has 0 radical (unpaired) electrons. The van der Waals surface area contributed by atoms with Crippen molar-refractivity contribution in [3.8, 4) is 11.5 Å². The van der Waals surface area contributed by atoms with Gasteiger partial charge in [0.1, 0.15) is 17.1 Å². The van der Waals surface area contributed by atoms with Gasteiger partial charge in [0.25, 0.3) is 0 Å². The predicted molar refractivity (Wildman–Crippen MR) is 70.9 cm³/mol. The maximum Gasteiger partial charge on any atom is 0.408 e. The fourth-order valence-electron chi connectivity index (χ4n) is 1.54. The number of rotatable bonds is 3. The number of phenolic OH excluding ortho intramolecular Hbond substituents is 2. The van der Waals surface area contributed by atoms with Crippen LogP contribution in [0.15, 0.2) is 18.2 Å². The molecule has 0 aliphatic rings. The quantitative estimate of drug-likeness (QED) is 0.666. The molecule has 19 heavy (non-hydrogen) atoms. The Bertz CT molecular complexity index is 454. The van der Waals surface area contributed by atoms with E-state index in [0.717, 1.165) is 0 Å². The zero-order chi connectivity index (χ0) is 14.6. The highest BCUT2D eigenvalue weighted by Crippen LogP contribution is 2.27. The van der Waals surface area contributed by atoms with E-state index in [4.69, 9.17) is 10.5 Å². The molecule has 0 fully saturated rings. The van der Waals surface area contributed by atoms with Crippen LogP contribution in [-0.2, 0) is 4.74 Å². The Hall–Kier alpha value is -1.95. The predicted octanol–water partition coefficient (Wildman–Crippen LogP) is 1.62. The van der Waals surface area contributed by atoms with E-state index in [0.29, 0.717) is 5.56 Å². The van der Waals surface area contributed by atoms with Crippen LogP contribution in [-0.4, -0.2) is 28.5 Å². The first-order valence-electron chi connectivity index (χ1n) is 5.94. The number of aromatic hydroxyl groups is 2. The van der Waals surface area contributed by atoms with Crippen LogP contribution in [0.5, 0.6) is 11.5 Å². The minimum absolute atomic E-state index is 0.0608. The van der Waals surface area contributed by atoms with Gasteiger partial charge in [-0.2, -0.15) is 0 Å². The van der Waals surface area contributed by atoms with Crippen LogP contribution in [0.3, 0.4) is 0 Å². The molecule has 106 valence electrons. The molecule has 1 aromatic rings. The summed E-state index contributed by atoms with van der Waals surface area (Å²) in [6.07, 6.45) is -0.615. The maximum absolute atomic E-state index is 11.7. The van der Waals surface area contributed by atoms with E-state index in [1.807, 2.05) is 0 Å². The third kappa shape index (κ3) is 4.67. The van der Waals surface area contributed by atoms with Crippen LogP contribution in [0.2, 0.25) is 0 Å². The van der Waals surface area contributed by atoms with Gasteiger partial charge in [-0.25, -0.2) is 4.79 Å². The van der Waals surface area contributed by atoms with E-state index in [-0.39, 0.29) is 18.0 Å². The van der Waals surface area contributed by atoms with Crippen molar-refractivity contribution in [2.45, 2.75) is 32.4 Å². The largest absolute Gasteiger partial charge is 0.508 e. The summed E-state index contributed by atoms with van der Waals surface area (Å²) in [6, 6.07) is 3.51. The van der Waals surface area contributed by atoms with Crippen molar-refractivity contribution < 1.29 is 19.7 Å². The molecule has 1 amide bonds. The molecule has 1 unspecified atom stereocenters. The fourth-order valence-corrected chi connectivity index (χ4v) is 1.54. The summed E-state index contributed by atoms with van der Waals surface area (Å²) in [5, 5.41) is 21.5. The molecule has 1 rings (SSSR count). The molecule has 0 heterocycles. The van der Waals surface area contributed by atoms with Gasteiger partial charge in [-0.3, -0.25) is 0 Å². The van der Waals surface area contributed by atoms with Crippen molar-refractivity contribution in [3.63, 3.8) is 0 Å². The highest BCUT2D eigenvalue weighted by Gasteiger charge is 2.21. The summed E-state index contributed by atoms with van der Waals surface area (Å²) < 4.78 is 5.12. The van der Waals surface area contributed by atoms with Gasteiger partial charge in [-0.15, -0.1) is 0 Å². The van der Waals surface area contributed by atoms with Gasteiger partial charge in [-0.05, 0) is 32.9 Å². The van der Waals surface area contributed by atoms with Crippen molar-refractivity contribution in [1.29, 1.82) is 0 Å². The highest BCUT2D eigenvalue weighted by atomic mass is 16.6. The van der Waals surface area contributed by atoms with E-state index in [2.05, 4.69) is 5.32 Å². The van der Waals surface area contributed by atoms with Crippen LogP contribution in [0.1, 0.15) is 32.4 Å². The summed E-state index contributed by atoms with van der Waals surface area (Å²) in [7, 11) is 0. The van der Waals surface area contributed by atoms with E-state index < -0.39 is 17.7 Å². The minimum atomic E-state index is -0.615. The smallest absolute Gasteiger partial charge is 0.408 e. The standard InChI is InChI=1S/C13H20N2O4/c1-13(2,3)19-12(18)15-10(7-14)9-5-4-8(16)6-11(9)17/h4-6,10,16-17H,7,14H2,1-3H3,(H,15,18). The Labute approximate surface area is 112 Å². The zero-order valence-electron chi connectivity index (χ0n) is 11.3. The molecule has 0 aliphatic carbocycles. The van der Waals surface area contributed by atoms with Gasteiger partial charge in [-0.1, -0.05) is 0 Å². The van der Waals surface area contributed by atoms with Crippen LogP contribution in [0.25, 0.3) is 0 Å². The molecular weight excluding hydrogens is 248 g/mol. The number of hydrogen-bond donors (Lipinski definition) is 4. The average Bonchev–Trinajstić information content (AvgIpc) is 2.24. The summed E-state index contributed by atoms with van der Waals surface area (Å²) >= 11 is 0. The number of nitrogens with one attached hydrogen (secondary N) is 1. The number of carbonyl (C=O) groups is 1. The molecule has 0 aromatic heterocycles. The Morgan fingerprint density at radius 1 is 1.42 bits per heavy atom. The third-order valence-corrected chi connectivity index (χ3v) is 2.32. The normalized spacial score (nSPS) is 12.8. The molecule has 6 nitrogen and oxygen atoms in total. The molecule has 5 N–H and O–H groups in total. The SMILES string of the molecule is CC(C)(C)OC(=O)NC(CN)c1ccc(O)cc1O. The van der Waals surface area contributed by atoms with Gasteiger partial charge >= 0.3 is 6.09 Å². The molecule has 0 saturated heterocycles. The third-order valence-electron chi connectivity index (χ3n) is 2.32. The molecule has 0 aliphatic heterocycles. The van der Waals surface area contributed by atoms with Gasteiger partial charge in [0.05, 0.1) is 6.04 Å². The van der Waals surface area contributed by atoms with Crippen LogP contribution in [0.4, 0.5) is 4.79 Å². The molecule has 1 atom stereocenters. The lowest BCUT2D eigenvalue weighted by Gasteiger charge is -2.23. The molecule has 0 saturated carbocycles. The zero-order valence-corrected chi connectivity index (χ0v) is 11.3. The van der Waals surface area contributed by atoms with Crippen molar-refractivity contribution in [2.75, 3.05) is 6.54 Å². The Morgan fingerprint density at radius 3 is 2.53 bits per heavy atom. The van der Waals surface area contributed by atoms with Crippen molar-refractivity contribution in [1.82, 2.24) is 5.32 Å². The first-order valence-corrected chi connectivity index (χ1v) is 5.94. The van der Waals surface area contributed by atoms with E-state index in [1.165, 1.54) is 18.2 Å². The van der Waals surface area contributed by atoms with E-state index in [1.54, 1.807) is 20.8 Å². The van der Waals surface area contributed by atoms with Gasteiger partial charge in [0.2, 0.25) is 0 Å². The minimum Gasteiger partial charge on any atom is -0.508 e. The van der Waals surface area contributed by atoms with Gasteiger partial charge in [0.15, 0.2) is 0 Å². The first-order chi connectivity index (χ1) is 8.73. The number of amides is 1. The Balaban J connectivity index is 2.81. The van der Waals surface area contributed by atoms with Crippen LogP contribution < -0.4 is 11.1 Å². The molecule has 1 aromatic carbocycles. The lowest BCUT2D eigenvalue weighted by Crippen LogP contribution is -2.37. The summed E-state index contributed by atoms with van der Waals surface area (Å²) in [6.45, 7) is 5.35. The van der Waals surface area contributed by atoms with Gasteiger partial charge in [0, 0.05) is 18.2 Å². The number of carbonyl (C=O) groups excluding carboxylic acids is 1. The summed E-state index contributed by atoms with van der Waals surface area (Å²) in [5.41, 5.74) is 5.39. The number of ether oxygens (including phenoxy) is 1. The summed E-state index contributed by atoms with van der Waals surface area (Å²) in [4.78, 5) is 11.7. The van der Waals surface area contributed by atoms with Crippen molar-refractivity contribution in [2.24, 2.45) is 5.73 Å². The van der Waals surface area contributed by atoms with Crippen LogP contribution >= 0.6 is 0 Å². The number of phenols is 2. The van der Waals surface area contributed by atoms with Gasteiger partial charge < -0.3 is 26.0 Å². The first kappa shape index (κ1) is 15.1. The lowest BCUT2D eigenvalue weighted by atomic mass is 10.1. The Kier molecular flexibility index (Phi) is 4.61. The van der Waals surface area contributed by atoms with Crippen LogP contribution in [0, 0.1) is 0 Å². The van der Waals surface area contributed by atoms with Crippen molar-refractivity contribution >= 4 is 6.09 Å². The highest BCUT2D eigenvalue weighted by molar-refractivity contribution is 5.68. The van der Waals surface area contributed by atoms with Crippen molar-refractivity contribution in [3.05, 3.63) is 23.8 Å². The average molecular weight is 268 g/mol. The lowest BCUT2D eigenvalue weighted by molar-refractivity contribution is 0.0505. The maximum atomic E-state index is 11.7. The molecule has 6 heteroatoms. The van der Waals surface area contributed by atoms with E-state index in [9.17, 15) is 15.0 Å². The summed E-state index contributed by atoms with van der Waals surface area (Å²) in [5.74, 6) is -0.194. The molecule has 0 spiro atoms. The number of hydrogen-bond acceptors (Lipinski definition) is 5. The second-order valence-corrected chi connectivity index (χ2v) is 5.18. The monoisotopic (exact) mass is 268 g/mol. The second-order valence-electron chi connectivity index (χ2n) is 5.18. The molecule has 0 bridgehead atoms. The number of nitrogens with two attached hydrogens (primary N) is 1. The molecular formula is C13H20N2O4. The topological polar surface area (TPSA) is 105 Å². The van der Waals surface area contributed by atoms with E-state index >= 15 is 0 Å². The number of alkyl carbamates (subject to hydrolysis) is 1. The number of benzene rings is 1. The fraction of sp³-hybridized carbons (Fsp3) is 0.462. The Morgan fingerprint density at radius 2 is 2.05 bits per heavy atom. The second kappa shape index (κ2) is 5.79.